The Morgan fingerprint density at radius 1 is 1.56 bits per heavy atom. The van der Waals surface area contributed by atoms with Gasteiger partial charge in [-0.05, 0) is 24.3 Å². The Balaban J connectivity index is 2.99. The largest absolute Gasteiger partial charge is 0.361 e. The maximum absolute atomic E-state index is 11.3. The van der Waals surface area contributed by atoms with Gasteiger partial charge in [0.15, 0.2) is 0 Å². The van der Waals surface area contributed by atoms with Crippen LogP contribution in [-0.2, 0) is 4.79 Å². The van der Waals surface area contributed by atoms with E-state index in [1.807, 2.05) is 0 Å². The summed E-state index contributed by atoms with van der Waals surface area (Å²) in [6.07, 6.45) is 6.49. The van der Waals surface area contributed by atoms with Crippen LogP contribution < -0.4 is 4.90 Å². The van der Waals surface area contributed by atoms with Gasteiger partial charge in [0.1, 0.15) is 0 Å². The molecule has 0 bridgehead atoms. The van der Waals surface area contributed by atoms with E-state index >= 15 is 0 Å². The second kappa shape index (κ2) is 5.50. The molecule has 0 spiro atoms. The lowest BCUT2D eigenvalue weighted by atomic mass is 10.2. The molecule has 0 aliphatic rings. The number of anilines is 1. The number of nitrogens with zero attached hydrogens (tertiary/aromatic N) is 3. The van der Waals surface area contributed by atoms with Crippen LogP contribution in [0.1, 0.15) is 12.5 Å². The lowest BCUT2D eigenvalue weighted by Crippen LogP contribution is -2.28. The van der Waals surface area contributed by atoms with Gasteiger partial charge < -0.3 is 10.4 Å². The first-order valence-electron chi connectivity index (χ1n) is 4.68. The molecule has 0 aliphatic heterocycles. The minimum Gasteiger partial charge on any atom is -0.361 e. The normalized spacial score (nSPS) is 8.75. The smallest absolute Gasteiger partial charge is 0.287 e. The lowest BCUT2D eigenvalue weighted by Gasteiger charge is -2.17. The number of carbonyl (C=O) groups is 1. The predicted octanol–water partition coefficient (Wildman–Crippen LogP) is 1.32. The molecule has 4 heteroatoms. The maximum Gasteiger partial charge on any atom is 0.287 e. The van der Waals surface area contributed by atoms with E-state index in [-0.39, 0.29) is 12.5 Å². The molecule has 0 atom stereocenters. The summed E-state index contributed by atoms with van der Waals surface area (Å²) in [6.45, 7) is 1.70. The van der Waals surface area contributed by atoms with E-state index in [1.54, 1.807) is 24.3 Å². The fraction of sp³-hybridized carbons (Fsp3) is 0.167. The molecule has 1 aromatic rings. The van der Waals surface area contributed by atoms with Gasteiger partial charge in [-0.25, -0.2) is 0 Å². The standard InChI is InChI=1S/C12H11N3O/c1-3-8-15(10(2)16)12-6-4-11(5-7-12)9-14-13/h1,4-7,9H,8H2,2H3. The number of amides is 1. The van der Waals surface area contributed by atoms with Crippen molar-refractivity contribution in [3.63, 3.8) is 0 Å². The molecule has 1 aromatic carbocycles. The highest BCUT2D eigenvalue weighted by atomic mass is 16.2. The zero-order valence-corrected chi connectivity index (χ0v) is 8.92. The summed E-state index contributed by atoms with van der Waals surface area (Å²) >= 11 is 0. The van der Waals surface area contributed by atoms with Crippen LogP contribution in [0, 0.1) is 12.3 Å². The van der Waals surface area contributed by atoms with Crippen LogP contribution in [0.2, 0.25) is 0 Å². The molecular weight excluding hydrogens is 202 g/mol. The van der Waals surface area contributed by atoms with Crippen molar-refractivity contribution in [3.05, 3.63) is 35.4 Å². The van der Waals surface area contributed by atoms with E-state index in [1.165, 1.54) is 18.0 Å². The number of hydrogen-bond acceptors (Lipinski definition) is 1. The summed E-state index contributed by atoms with van der Waals surface area (Å²) in [5.74, 6) is 2.32. The van der Waals surface area contributed by atoms with Crippen LogP contribution in [-0.4, -0.2) is 23.5 Å². The molecule has 0 aliphatic carbocycles. The summed E-state index contributed by atoms with van der Waals surface area (Å²) in [5.41, 5.74) is 9.82. The van der Waals surface area contributed by atoms with Crippen molar-refractivity contribution in [1.29, 1.82) is 0 Å². The molecule has 80 valence electrons. The lowest BCUT2D eigenvalue weighted by molar-refractivity contribution is -0.116. The van der Waals surface area contributed by atoms with Crippen molar-refractivity contribution in [2.45, 2.75) is 6.92 Å². The van der Waals surface area contributed by atoms with Crippen molar-refractivity contribution >= 4 is 17.8 Å². The van der Waals surface area contributed by atoms with E-state index in [9.17, 15) is 4.79 Å². The van der Waals surface area contributed by atoms with Gasteiger partial charge >= 0.3 is 0 Å². The van der Waals surface area contributed by atoms with Crippen molar-refractivity contribution in [2.24, 2.45) is 0 Å². The Kier molecular flexibility index (Phi) is 4.02. The third-order valence-corrected chi connectivity index (χ3v) is 2.04. The first-order valence-corrected chi connectivity index (χ1v) is 4.68. The average Bonchev–Trinajstić information content (AvgIpc) is 2.27. The van der Waals surface area contributed by atoms with Gasteiger partial charge in [0.2, 0.25) is 5.91 Å². The van der Waals surface area contributed by atoms with Gasteiger partial charge in [-0.3, -0.25) is 4.79 Å². The highest BCUT2D eigenvalue weighted by Crippen LogP contribution is 2.14. The molecule has 1 rings (SSSR count). The second-order valence-electron chi connectivity index (χ2n) is 3.15. The van der Waals surface area contributed by atoms with Crippen molar-refractivity contribution in [2.75, 3.05) is 11.4 Å². The minimum atomic E-state index is -0.110. The Labute approximate surface area is 94.1 Å². The SMILES string of the molecule is C#CCN(C(C)=O)c1ccc(C=[N+]=[N-])cc1. The quantitative estimate of drug-likeness (QED) is 0.323. The highest BCUT2D eigenvalue weighted by Gasteiger charge is 2.09. The number of terminal acetylenes is 1. The monoisotopic (exact) mass is 213 g/mol. The molecule has 16 heavy (non-hydrogen) atoms. The van der Waals surface area contributed by atoms with Crippen LogP contribution >= 0.6 is 0 Å². The summed E-state index contributed by atoms with van der Waals surface area (Å²) in [4.78, 5) is 15.7. The van der Waals surface area contributed by atoms with E-state index < -0.39 is 0 Å². The van der Waals surface area contributed by atoms with E-state index in [0.29, 0.717) is 0 Å². The van der Waals surface area contributed by atoms with E-state index in [4.69, 9.17) is 12.0 Å². The molecular formula is C12H11N3O. The van der Waals surface area contributed by atoms with Gasteiger partial charge in [0.05, 0.1) is 12.1 Å². The molecule has 1 amide bonds. The molecule has 0 N–H and O–H groups in total. The number of rotatable bonds is 3. The molecule has 0 radical (unpaired) electrons. The third kappa shape index (κ3) is 2.81. The summed E-state index contributed by atoms with van der Waals surface area (Å²) < 4.78 is 0. The molecule has 0 unspecified atom stereocenters. The first kappa shape index (κ1) is 11.7. The zero-order chi connectivity index (χ0) is 12.0. The fourth-order valence-electron chi connectivity index (χ4n) is 1.28. The fourth-order valence-corrected chi connectivity index (χ4v) is 1.28. The minimum absolute atomic E-state index is 0.110. The molecule has 0 aromatic heterocycles. The van der Waals surface area contributed by atoms with Crippen molar-refractivity contribution < 1.29 is 9.58 Å². The maximum atomic E-state index is 11.3. The van der Waals surface area contributed by atoms with Crippen LogP contribution in [0.25, 0.3) is 5.53 Å². The van der Waals surface area contributed by atoms with E-state index in [2.05, 4.69) is 10.7 Å². The molecule has 0 saturated heterocycles. The second-order valence-corrected chi connectivity index (χ2v) is 3.15. The Morgan fingerprint density at radius 2 is 2.19 bits per heavy atom. The third-order valence-electron chi connectivity index (χ3n) is 2.04. The molecule has 0 fully saturated rings. The Morgan fingerprint density at radius 3 is 2.62 bits per heavy atom. The van der Waals surface area contributed by atoms with Crippen LogP contribution in [0.4, 0.5) is 5.69 Å². The summed E-state index contributed by atoms with van der Waals surface area (Å²) in [6, 6.07) is 6.97. The van der Waals surface area contributed by atoms with E-state index in [0.717, 1.165) is 11.3 Å². The first-order chi connectivity index (χ1) is 7.69. The topological polar surface area (TPSA) is 56.7 Å². The number of carbonyl (C=O) groups excluding carboxylic acids is 1. The predicted molar refractivity (Wildman–Crippen MR) is 62.1 cm³/mol. The van der Waals surface area contributed by atoms with Crippen LogP contribution in [0.3, 0.4) is 0 Å². The van der Waals surface area contributed by atoms with Crippen LogP contribution in [0.15, 0.2) is 24.3 Å². The van der Waals surface area contributed by atoms with Gasteiger partial charge in [-0.2, -0.15) is 4.79 Å². The van der Waals surface area contributed by atoms with Crippen molar-refractivity contribution in [1.82, 2.24) is 0 Å². The highest BCUT2D eigenvalue weighted by molar-refractivity contribution is 5.92. The number of benzene rings is 1. The Hall–Kier alpha value is -2.37. The average molecular weight is 213 g/mol. The Bertz CT molecular complexity index is 464. The summed E-state index contributed by atoms with van der Waals surface area (Å²) in [5, 5.41) is 0. The molecule has 0 heterocycles. The molecule has 0 saturated carbocycles. The molecule has 4 nitrogen and oxygen atoms in total. The van der Waals surface area contributed by atoms with Crippen LogP contribution in [0.5, 0.6) is 0 Å². The summed E-state index contributed by atoms with van der Waals surface area (Å²) in [7, 11) is 0. The number of hydrogen-bond donors (Lipinski definition) is 0. The van der Waals surface area contributed by atoms with Crippen molar-refractivity contribution in [3.8, 4) is 12.3 Å². The van der Waals surface area contributed by atoms with Gasteiger partial charge in [-0.1, -0.05) is 5.92 Å². The zero-order valence-electron chi connectivity index (χ0n) is 8.92. The van der Waals surface area contributed by atoms with Gasteiger partial charge in [0.25, 0.3) is 6.21 Å². The van der Waals surface area contributed by atoms with Gasteiger partial charge in [-0.15, -0.1) is 6.42 Å². The van der Waals surface area contributed by atoms with Gasteiger partial charge in [0, 0.05) is 12.6 Å².